The molecule has 0 aliphatic carbocycles. The molecule has 0 aliphatic rings. The number of hydrogen-bond donors (Lipinski definition) is 1. The molecule has 2 aromatic rings. The summed E-state index contributed by atoms with van der Waals surface area (Å²) >= 11 is 8.80. The van der Waals surface area contributed by atoms with Gasteiger partial charge in [0.25, 0.3) is 10.0 Å². The van der Waals surface area contributed by atoms with Crippen LogP contribution in [0.25, 0.3) is 0 Å². The molecule has 0 radical (unpaired) electrons. The molecule has 2 rings (SSSR count). The summed E-state index contributed by atoms with van der Waals surface area (Å²) in [5, 5.41) is 0.174. The van der Waals surface area contributed by atoms with Gasteiger partial charge in [0.15, 0.2) is 0 Å². The first-order chi connectivity index (χ1) is 11.0. The van der Waals surface area contributed by atoms with Crippen LogP contribution in [0.1, 0.15) is 18.1 Å². The number of anilines is 1. The molecule has 0 saturated carbocycles. The number of nitrogens with zero attached hydrogens (tertiary/aromatic N) is 1. The summed E-state index contributed by atoms with van der Waals surface area (Å²) in [7, 11) is -4.24. The number of pyridine rings is 1. The lowest BCUT2D eigenvalue weighted by Crippen LogP contribution is -2.16. The quantitative estimate of drug-likeness (QED) is 0.685. The number of rotatable bonds is 4. The van der Waals surface area contributed by atoms with E-state index in [1.807, 2.05) is 0 Å². The SMILES string of the molecule is CCc1ccc(S(=O)(=O)Nc2cc(Cl)cnc2Br)cc1C(F)(F)F. The van der Waals surface area contributed by atoms with Crippen molar-refractivity contribution in [3.63, 3.8) is 0 Å². The summed E-state index contributed by atoms with van der Waals surface area (Å²) in [4.78, 5) is 3.32. The van der Waals surface area contributed by atoms with Gasteiger partial charge in [-0.2, -0.15) is 13.2 Å². The predicted octanol–water partition coefficient (Wildman–Crippen LogP) is 4.88. The summed E-state index contributed by atoms with van der Waals surface area (Å²) in [6, 6.07) is 4.19. The minimum absolute atomic E-state index is 0.0204. The van der Waals surface area contributed by atoms with E-state index in [1.165, 1.54) is 12.3 Å². The molecule has 0 fully saturated rings. The Bertz CT molecular complexity index is 873. The molecule has 0 bridgehead atoms. The van der Waals surface area contributed by atoms with Crippen LogP contribution in [0.5, 0.6) is 0 Å². The van der Waals surface area contributed by atoms with Gasteiger partial charge in [0, 0.05) is 6.20 Å². The van der Waals surface area contributed by atoms with Gasteiger partial charge in [0.05, 0.1) is 21.2 Å². The number of aromatic nitrogens is 1. The Labute approximate surface area is 150 Å². The molecular weight excluding hydrogens is 433 g/mol. The van der Waals surface area contributed by atoms with Gasteiger partial charge in [-0.15, -0.1) is 0 Å². The first-order valence-corrected chi connectivity index (χ1v) is 9.24. The molecule has 0 aliphatic heterocycles. The van der Waals surface area contributed by atoms with Crippen molar-refractivity contribution in [2.75, 3.05) is 4.72 Å². The molecule has 0 amide bonds. The van der Waals surface area contributed by atoms with E-state index in [2.05, 4.69) is 25.6 Å². The van der Waals surface area contributed by atoms with Crippen LogP contribution in [0.4, 0.5) is 18.9 Å². The number of aryl methyl sites for hydroxylation is 1. The number of sulfonamides is 1. The van der Waals surface area contributed by atoms with Gasteiger partial charge in [0.1, 0.15) is 4.60 Å². The van der Waals surface area contributed by atoms with Crippen LogP contribution in [-0.4, -0.2) is 13.4 Å². The Morgan fingerprint density at radius 2 is 1.96 bits per heavy atom. The molecule has 130 valence electrons. The van der Waals surface area contributed by atoms with E-state index in [0.29, 0.717) is 6.07 Å². The zero-order chi connectivity index (χ0) is 18.1. The molecule has 0 unspecified atom stereocenters. The number of benzene rings is 1. The van der Waals surface area contributed by atoms with E-state index in [1.54, 1.807) is 6.92 Å². The van der Waals surface area contributed by atoms with Gasteiger partial charge in [-0.05, 0) is 46.1 Å². The van der Waals surface area contributed by atoms with Crippen LogP contribution >= 0.6 is 27.5 Å². The molecule has 1 aromatic carbocycles. The lowest BCUT2D eigenvalue weighted by atomic mass is 10.1. The first-order valence-electron chi connectivity index (χ1n) is 6.58. The second-order valence-electron chi connectivity index (χ2n) is 4.77. The van der Waals surface area contributed by atoms with Gasteiger partial charge >= 0.3 is 6.18 Å². The van der Waals surface area contributed by atoms with Crippen LogP contribution in [0.3, 0.4) is 0 Å². The fourth-order valence-electron chi connectivity index (χ4n) is 1.99. The van der Waals surface area contributed by atoms with Crippen molar-refractivity contribution in [3.8, 4) is 0 Å². The summed E-state index contributed by atoms with van der Waals surface area (Å²) < 4.78 is 66.4. The monoisotopic (exact) mass is 442 g/mol. The zero-order valence-corrected chi connectivity index (χ0v) is 15.3. The van der Waals surface area contributed by atoms with Gasteiger partial charge in [-0.3, -0.25) is 4.72 Å². The Kier molecular flexibility index (Phi) is 5.46. The highest BCUT2D eigenvalue weighted by Crippen LogP contribution is 2.34. The number of alkyl halides is 3. The van der Waals surface area contributed by atoms with E-state index in [4.69, 9.17) is 11.6 Å². The van der Waals surface area contributed by atoms with Gasteiger partial charge < -0.3 is 0 Å². The predicted molar refractivity (Wildman–Crippen MR) is 88.6 cm³/mol. The molecule has 0 spiro atoms. The van der Waals surface area contributed by atoms with Crippen molar-refractivity contribution < 1.29 is 21.6 Å². The van der Waals surface area contributed by atoms with E-state index in [-0.39, 0.29) is 27.3 Å². The van der Waals surface area contributed by atoms with Crippen molar-refractivity contribution in [3.05, 3.63) is 51.2 Å². The minimum Gasteiger partial charge on any atom is -0.277 e. The molecule has 1 N–H and O–H groups in total. The maximum atomic E-state index is 13.1. The van der Waals surface area contributed by atoms with Gasteiger partial charge in [0.2, 0.25) is 0 Å². The first kappa shape index (κ1) is 19.0. The largest absolute Gasteiger partial charge is 0.416 e. The van der Waals surface area contributed by atoms with E-state index in [9.17, 15) is 21.6 Å². The van der Waals surface area contributed by atoms with Crippen LogP contribution in [0, 0.1) is 0 Å². The molecule has 1 aromatic heterocycles. The minimum atomic E-state index is -4.64. The fourth-order valence-corrected chi connectivity index (χ4v) is 3.68. The molecule has 0 atom stereocenters. The Morgan fingerprint density at radius 1 is 1.29 bits per heavy atom. The third kappa shape index (κ3) is 4.20. The van der Waals surface area contributed by atoms with Crippen molar-refractivity contribution in [1.29, 1.82) is 0 Å². The topological polar surface area (TPSA) is 59.1 Å². The van der Waals surface area contributed by atoms with E-state index < -0.39 is 26.7 Å². The van der Waals surface area contributed by atoms with E-state index >= 15 is 0 Å². The highest BCUT2D eigenvalue weighted by atomic mass is 79.9. The van der Waals surface area contributed by atoms with Crippen molar-refractivity contribution in [2.45, 2.75) is 24.4 Å². The third-order valence-electron chi connectivity index (χ3n) is 3.13. The second-order valence-corrected chi connectivity index (χ2v) is 7.64. The van der Waals surface area contributed by atoms with Gasteiger partial charge in [-0.25, -0.2) is 13.4 Å². The lowest BCUT2D eigenvalue weighted by molar-refractivity contribution is -0.138. The van der Waals surface area contributed by atoms with E-state index in [0.717, 1.165) is 12.1 Å². The zero-order valence-electron chi connectivity index (χ0n) is 12.2. The highest BCUT2D eigenvalue weighted by molar-refractivity contribution is 9.10. The normalized spacial score (nSPS) is 12.2. The van der Waals surface area contributed by atoms with Crippen LogP contribution in [0.15, 0.2) is 40.0 Å². The summed E-state index contributed by atoms with van der Waals surface area (Å²) in [5.41, 5.74) is -0.932. The van der Waals surface area contributed by atoms with Gasteiger partial charge in [-0.1, -0.05) is 24.6 Å². The summed E-state index contributed by atoms with van der Waals surface area (Å²) in [6.07, 6.45) is -3.22. The Morgan fingerprint density at radius 3 is 2.54 bits per heavy atom. The van der Waals surface area contributed by atoms with Crippen molar-refractivity contribution >= 4 is 43.2 Å². The van der Waals surface area contributed by atoms with Crippen molar-refractivity contribution in [1.82, 2.24) is 4.98 Å². The molecule has 24 heavy (non-hydrogen) atoms. The maximum absolute atomic E-state index is 13.1. The smallest absolute Gasteiger partial charge is 0.277 e. The highest BCUT2D eigenvalue weighted by Gasteiger charge is 2.34. The average Bonchev–Trinajstić information content (AvgIpc) is 2.49. The fraction of sp³-hybridized carbons (Fsp3) is 0.214. The van der Waals surface area contributed by atoms with Crippen LogP contribution in [0.2, 0.25) is 5.02 Å². The molecular formula is C14H11BrClF3N2O2S. The standard InChI is InChI=1S/C14H11BrClF3N2O2S/c1-2-8-3-4-10(6-11(8)14(17,18)19)24(22,23)21-12-5-9(16)7-20-13(12)15/h3-7,21H,2H2,1H3. The molecule has 1 heterocycles. The molecule has 10 heteroatoms. The summed E-state index contributed by atoms with van der Waals surface area (Å²) in [5.74, 6) is 0. The molecule has 0 saturated heterocycles. The van der Waals surface area contributed by atoms with Crippen molar-refractivity contribution in [2.24, 2.45) is 0 Å². The second kappa shape index (κ2) is 6.89. The number of hydrogen-bond acceptors (Lipinski definition) is 3. The van der Waals surface area contributed by atoms with Crippen LogP contribution < -0.4 is 4.72 Å². The molecule has 4 nitrogen and oxygen atoms in total. The third-order valence-corrected chi connectivity index (χ3v) is 5.33. The maximum Gasteiger partial charge on any atom is 0.416 e. The summed E-state index contributed by atoms with van der Waals surface area (Å²) in [6.45, 7) is 1.56. The average molecular weight is 444 g/mol. The Balaban J connectivity index is 2.48. The lowest BCUT2D eigenvalue weighted by Gasteiger charge is -2.15. The number of nitrogens with one attached hydrogen (secondary N) is 1. The Hall–Kier alpha value is -1.32. The van der Waals surface area contributed by atoms with Crippen LogP contribution in [-0.2, 0) is 22.6 Å². The number of halogens is 5.